The zero-order chi connectivity index (χ0) is 10.6. The first-order chi connectivity index (χ1) is 6.63. The third-order valence-corrected chi connectivity index (χ3v) is 3.03. The Balaban J connectivity index is 2.67. The summed E-state index contributed by atoms with van der Waals surface area (Å²) in [4.78, 5) is 1.98. The van der Waals surface area contributed by atoms with E-state index in [1.165, 1.54) is 5.56 Å². The van der Waals surface area contributed by atoms with Crippen LogP contribution in [0.3, 0.4) is 0 Å². The van der Waals surface area contributed by atoms with Crippen LogP contribution in [-0.2, 0) is 6.54 Å². The Hall–Kier alpha value is -0.311. The first-order valence-electron chi connectivity index (χ1n) is 4.38. The Kier molecular flexibility index (Phi) is 4.66. The molecule has 0 aliphatic carbocycles. The molecule has 0 fully saturated rings. The SMILES string of the molecule is CCN(Cc1ccc(Br)cc1)C(=N)[Se]. The number of rotatable bonds is 3. The first kappa shape index (κ1) is 11.8. The third-order valence-electron chi connectivity index (χ3n) is 1.96. The van der Waals surface area contributed by atoms with Crippen molar-refractivity contribution in [3.05, 3.63) is 34.3 Å². The van der Waals surface area contributed by atoms with E-state index in [9.17, 15) is 0 Å². The van der Waals surface area contributed by atoms with Crippen LogP contribution in [0.2, 0.25) is 0 Å². The van der Waals surface area contributed by atoms with Gasteiger partial charge in [-0.15, -0.1) is 0 Å². The summed E-state index contributed by atoms with van der Waals surface area (Å²) in [6.45, 7) is 3.68. The van der Waals surface area contributed by atoms with Gasteiger partial charge in [-0.3, -0.25) is 0 Å². The first-order valence-corrected chi connectivity index (χ1v) is 6.03. The van der Waals surface area contributed by atoms with E-state index in [4.69, 9.17) is 5.41 Å². The molecule has 0 unspecified atom stereocenters. The van der Waals surface area contributed by atoms with Gasteiger partial charge < -0.3 is 0 Å². The zero-order valence-corrected chi connectivity index (χ0v) is 11.3. The molecule has 1 aromatic carbocycles. The Morgan fingerprint density at radius 1 is 1.43 bits per heavy atom. The fourth-order valence-electron chi connectivity index (χ4n) is 1.14. The summed E-state index contributed by atoms with van der Waals surface area (Å²) in [6, 6.07) is 8.17. The molecule has 0 aromatic heterocycles. The quantitative estimate of drug-likeness (QED) is 0.517. The maximum absolute atomic E-state index is 7.50. The molecule has 2 nitrogen and oxygen atoms in total. The summed E-state index contributed by atoms with van der Waals surface area (Å²) in [5.41, 5.74) is 1.22. The van der Waals surface area contributed by atoms with Gasteiger partial charge in [-0.25, -0.2) is 0 Å². The second-order valence-corrected chi connectivity index (χ2v) is 4.67. The summed E-state index contributed by atoms with van der Waals surface area (Å²) in [5.74, 6) is 0. The molecule has 0 atom stereocenters. The number of benzene rings is 1. The van der Waals surface area contributed by atoms with Crippen LogP contribution in [0.15, 0.2) is 28.7 Å². The van der Waals surface area contributed by atoms with Crippen molar-refractivity contribution in [2.45, 2.75) is 13.5 Å². The van der Waals surface area contributed by atoms with E-state index in [0.29, 0.717) is 4.73 Å². The molecule has 0 aliphatic rings. The number of nitrogens with zero attached hydrogens (tertiary/aromatic N) is 1. The molecular formula is C10H12BrN2Se. The predicted molar refractivity (Wildman–Crippen MR) is 63.7 cm³/mol. The van der Waals surface area contributed by atoms with E-state index in [2.05, 4.69) is 44.1 Å². The molecule has 0 saturated carbocycles. The molecule has 1 N–H and O–H groups in total. The predicted octanol–water partition coefficient (Wildman–Crippen LogP) is 2.37. The second-order valence-electron chi connectivity index (χ2n) is 2.95. The molecule has 1 radical (unpaired) electrons. The summed E-state index contributed by atoms with van der Waals surface area (Å²) in [6.07, 6.45) is 0. The molecule has 0 heterocycles. The Morgan fingerprint density at radius 3 is 2.43 bits per heavy atom. The van der Waals surface area contributed by atoms with Crippen LogP contribution in [0.25, 0.3) is 0 Å². The summed E-state index contributed by atoms with van der Waals surface area (Å²) < 4.78 is 1.58. The minimum atomic E-state index is 0.496. The molecule has 0 saturated heterocycles. The number of amidine groups is 1. The van der Waals surface area contributed by atoms with Gasteiger partial charge in [0.05, 0.1) is 0 Å². The number of hydrogen-bond acceptors (Lipinski definition) is 1. The normalized spacial score (nSPS) is 9.86. The molecule has 1 aromatic rings. The van der Waals surface area contributed by atoms with E-state index >= 15 is 0 Å². The van der Waals surface area contributed by atoms with Crippen LogP contribution in [0.4, 0.5) is 0 Å². The van der Waals surface area contributed by atoms with E-state index in [-0.39, 0.29) is 0 Å². The maximum atomic E-state index is 7.50. The van der Waals surface area contributed by atoms with Gasteiger partial charge in [-0.05, 0) is 0 Å². The van der Waals surface area contributed by atoms with E-state index in [1.54, 1.807) is 0 Å². The molecule has 0 amide bonds. The van der Waals surface area contributed by atoms with Crippen LogP contribution in [0.5, 0.6) is 0 Å². The number of hydrogen-bond donors (Lipinski definition) is 1. The van der Waals surface area contributed by atoms with Crippen molar-refractivity contribution < 1.29 is 0 Å². The molecule has 0 spiro atoms. The molecule has 0 bridgehead atoms. The molecular weight excluding hydrogens is 307 g/mol. The average Bonchev–Trinajstić information content (AvgIpc) is 2.16. The van der Waals surface area contributed by atoms with Crippen molar-refractivity contribution in [3.8, 4) is 0 Å². The summed E-state index contributed by atoms with van der Waals surface area (Å²) in [7, 11) is 0. The Bertz CT molecular complexity index is 310. The van der Waals surface area contributed by atoms with Crippen molar-refractivity contribution >= 4 is 36.7 Å². The van der Waals surface area contributed by atoms with Crippen molar-refractivity contribution in [3.63, 3.8) is 0 Å². The van der Waals surface area contributed by atoms with Gasteiger partial charge in [0.25, 0.3) is 0 Å². The molecule has 1 rings (SSSR count). The van der Waals surface area contributed by atoms with E-state index < -0.39 is 0 Å². The summed E-state index contributed by atoms with van der Waals surface area (Å²) >= 11 is 6.12. The second kappa shape index (κ2) is 5.54. The Morgan fingerprint density at radius 2 is 2.00 bits per heavy atom. The van der Waals surface area contributed by atoms with Crippen molar-refractivity contribution in [1.82, 2.24) is 4.90 Å². The van der Waals surface area contributed by atoms with Gasteiger partial charge in [0.15, 0.2) is 0 Å². The van der Waals surface area contributed by atoms with Gasteiger partial charge >= 0.3 is 101 Å². The Labute approximate surface area is 101 Å². The fraction of sp³-hybridized carbons (Fsp3) is 0.300. The zero-order valence-electron chi connectivity index (χ0n) is 7.96. The van der Waals surface area contributed by atoms with Crippen LogP contribution < -0.4 is 0 Å². The molecule has 4 heteroatoms. The van der Waals surface area contributed by atoms with Crippen molar-refractivity contribution in [2.24, 2.45) is 0 Å². The topological polar surface area (TPSA) is 27.1 Å². The van der Waals surface area contributed by atoms with Gasteiger partial charge in [-0.2, -0.15) is 0 Å². The van der Waals surface area contributed by atoms with Crippen LogP contribution >= 0.6 is 15.9 Å². The molecule has 0 aliphatic heterocycles. The monoisotopic (exact) mass is 319 g/mol. The summed E-state index contributed by atoms with van der Waals surface area (Å²) in [5, 5.41) is 7.50. The third kappa shape index (κ3) is 3.45. The van der Waals surface area contributed by atoms with E-state index in [0.717, 1.165) is 17.6 Å². The minimum absolute atomic E-state index is 0.496. The van der Waals surface area contributed by atoms with Gasteiger partial charge in [0.1, 0.15) is 0 Å². The average molecular weight is 319 g/mol. The van der Waals surface area contributed by atoms with Crippen molar-refractivity contribution in [2.75, 3.05) is 6.54 Å². The molecule has 75 valence electrons. The molecule has 14 heavy (non-hydrogen) atoms. The van der Waals surface area contributed by atoms with Crippen LogP contribution in [-0.4, -0.2) is 32.2 Å². The number of halogens is 1. The van der Waals surface area contributed by atoms with Gasteiger partial charge in [0, 0.05) is 0 Å². The standard InChI is InChI=1S/C10H12BrN2Se/c1-2-13(10(12)14)7-8-3-5-9(11)6-4-8/h3-6,12H,2,7H2,1H3. The fourth-order valence-corrected chi connectivity index (χ4v) is 1.81. The van der Waals surface area contributed by atoms with Crippen molar-refractivity contribution in [1.29, 1.82) is 5.41 Å². The van der Waals surface area contributed by atoms with E-state index in [1.807, 2.05) is 24.0 Å². The van der Waals surface area contributed by atoms with Crippen LogP contribution in [0.1, 0.15) is 12.5 Å². The number of nitrogens with one attached hydrogen (secondary N) is 1. The van der Waals surface area contributed by atoms with Gasteiger partial charge in [0.2, 0.25) is 0 Å². The van der Waals surface area contributed by atoms with Crippen LogP contribution in [0, 0.1) is 5.41 Å². The van der Waals surface area contributed by atoms with Gasteiger partial charge in [-0.1, -0.05) is 0 Å².